The zero-order valence-corrected chi connectivity index (χ0v) is 12.3. The minimum Gasteiger partial charge on any atom is -0.482 e. The highest BCUT2D eigenvalue weighted by molar-refractivity contribution is 9.10. The van der Waals surface area contributed by atoms with E-state index in [0.717, 1.165) is 0 Å². The van der Waals surface area contributed by atoms with Crippen molar-refractivity contribution in [2.24, 2.45) is 0 Å². The fraction of sp³-hybridized carbons (Fsp3) is 0.0714. The van der Waals surface area contributed by atoms with Gasteiger partial charge in [0, 0.05) is 11.8 Å². The number of anilines is 4. The SMILES string of the molecule is Nc1cc2c(cc1Nc1ccc(F)c(Br)c1)NC(=O)CO2. The van der Waals surface area contributed by atoms with Crippen LogP contribution in [0.1, 0.15) is 0 Å². The van der Waals surface area contributed by atoms with Crippen molar-refractivity contribution < 1.29 is 13.9 Å². The number of amides is 1. The van der Waals surface area contributed by atoms with Crippen LogP contribution in [0.5, 0.6) is 5.75 Å². The molecule has 1 amide bonds. The first kappa shape index (κ1) is 13.7. The second kappa shape index (κ2) is 5.25. The number of nitrogen functional groups attached to an aromatic ring is 1. The van der Waals surface area contributed by atoms with E-state index in [1.807, 2.05) is 0 Å². The first-order valence-electron chi connectivity index (χ1n) is 6.11. The Morgan fingerprint density at radius 1 is 1.33 bits per heavy atom. The standard InChI is InChI=1S/C14H11BrFN3O2/c15-8-3-7(1-2-9(8)16)18-11-5-12-13(4-10(11)17)21-6-14(20)19-12/h1-5,18H,6,17H2,(H,19,20). The van der Waals surface area contributed by atoms with Gasteiger partial charge < -0.3 is 21.1 Å². The second-order valence-corrected chi connectivity index (χ2v) is 5.38. The first-order valence-corrected chi connectivity index (χ1v) is 6.90. The Morgan fingerprint density at radius 2 is 2.14 bits per heavy atom. The summed E-state index contributed by atoms with van der Waals surface area (Å²) in [6.07, 6.45) is 0. The van der Waals surface area contributed by atoms with Gasteiger partial charge in [0.05, 0.1) is 21.5 Å². The largest absolute Gasteiger partial charge is 0.482 e. The Kier molecular flexibility index (Phi) is 3.42. The molecule has 0 unspecified atom stereocenters. The lowest BCUT2D eigenvalue weighted by molar-refractivity contribution is -0.118. The van der Waals surface area contributed by atoms with Crippen LogP contribution in [-0.2, 0) is 4.79 Å². The van der Waals surface area contributed by atoms with Gasteiger partial charge in [-0.05, 0) is 40.2 Å². The molecule has 1 aliphatic heterocycles. The number of fused-ring (bicyclic) bond motifs is 1. The second-order valence-electron chi connectivity index (χ2n) is 4.53. The molecule has 0 radical (unpaired) electrons. The van der Waals surface area contributed by atoms with Crippen molar-refractivity contribution in [3.8, 4) is 5.75 Å². The van der Waals surface area contributed by atoms with Gasteiger partial charge in [-0.1, -0.05) is 0 Å². The number of ether oxygens (including phenoxy) is 1. The number of carbonyl (C=O) groups excluding carboxylic acids is 1. The number of nitrogens with one attached hydrogen (secondary N) is 2. The molecule has 0 aromatic heterocycles. The fourth-order valence-electron chi connectivity index (χ4n) is 1.98. The molecule has 5 nitrogen and oxygen atoms in total. The highest BCUT2D eigenvalue weighted by Crippen LogP contribution is 2.36. The van der Waals surface area contributed by atoms with Crippen molar-refractivity contribution in [1.82, 2.24) is 0 Å². The summed E-state index contributed by atoms with van der Waals surface area (Å²) in [5.74, 6) is -0.0414. The van der Waals surface area contributed by atoms with E-state index < -0.39 is 0 Å². The van der Waals surface area contributed by atoms with Gasteiger partial charge in [0.1, 0.15) is 11.6 Å². The lowest BCUT2D eigenvalue weighted by Crippen LogP contribution is -2.25. The predicted molar refractivity (Wildman–Crippen MR) is 82.4 cm³/mol. The topological polar surface area (TPSA) is 76.4 Å². The number of halogens is 2. The Balaban J connectivity index is 1.93. The van der Waals surface area contributed by atoms with Crippen molar-refractivity contribution >= 4 is 44.6 Å². The summed E-state index contributed by atoms with van der Waals surface area (Å²) in [6, 6.07) is 7.85. The molecule has 3 rings (SSSR count). The van der Waals surface area contributed by atoms with E-state index in [2.05, 4.69) is 26.6 Å². The normalized spacial score (nSPS) is 13.1. The smallest absolute Gasteiger partial charge is 0.262 e. The van der Waals surface area contributed by atoms with E-state index in [1.54, 1.807) is 24.3 Å². The van der Waals surface area contributed by atoms with Gasteiger partial charge in [0.15, 0.2) is 6.61 Å². The minimum atomic E-state index is -0.348. The van der Waals surface area contributed by atoms with E-state index in [9.17, 15) is 9.18 Å². The molecule has 0 atom stereocenters. The van der Waals surface area contributed by atoms with E-state index in [1.165, 1.54) is 6.07 Å². The summed E-state index contributed by atoms with van der Waals surface area (Å²) in [4.78, 5) is 11.3. The third kappa shape index (κ3) is 2.78. The Hall–Kier alpha value is -2.28. The molecule has 0 aliphatic carbocycles. The molecular formula is C14H11BrFN3O2. The van der Waals surface area contributed by atoms with Crippen LogP contribution in [0.4, 0.5) is 27.1 Å². The minimum absolute atomic E-state index is 0.0237. The molecule has 4 N–H and O–H groups in total. The van der Waals surface area contributed by atoms with Gasteiger partial charge in [-0.3, -0.25) is 4.79 Å². The third-order valence-electron chi connectivity index (χ3n) is 2.98. The van der Waals surface area contributed by atoms with Gasteiger partial charge in [0.2, 0.25) is 0 Å². The molecule has 0 fully saturated rings. The molecule has 0 saturated heterocycles. The van der Waals surface area contributed by atoms with E-state index >= 15 is 0 Å². The molecule has 0 bridgehead atoms. The average molecular weight is 352 g/mol. The maximum atomic E-state index is 13.2. The van der Waals surface area contributed by atoms with Crippen LogP contribution in [0.2, 0.25) is 0 Å². The monoisotopic (exact) mass is 351 g/mol. The van der Waals surface area contributed by atoms with Crippen LogP contribution in [0.15, 0.2) is 34.8 Å². The zero-order valence-electron chi connectivity index (χ0n) is 10.7. The Bertz CT molecular complexity index is 736. The van der Waals surface area contributed by atoms with Gasteiger partial charge in [-0.25, -0.2) is 4.39 Å². The molecule has 21 heavy (non-hydrogen) atoms. The predicted octanol–water partition coefficient (Wildman–Crippen LogP) is 3.24. The average Bonchev–Trinajstić information content (AvgIpc) is 2.44. The van der Waals surface area contributed by atoms with Crippen LogP contribution >= 0.6 is 15.9 Å². The van der Waals surface area contributed by atoms with Crippen molar-refractivity contribution in [3.63, 3.8) is 0 Å². The number of benzene rings is 2. The van der Waals surface area contributed by atoms with Crippen LogP contribution in [0.25, 0.3) is 0 Å². The Labute approximate surface area is 128 Å². The van der Waals surface area contributed by atoms with Crippen molar-refractivity contribution in [1.29, 1.82) is 0 Å². The molecular weight excluding hydrogens is 341 g/mol. The molecule has 2 aromatic carbocycles. The fourth-order valence-corrected chi connectivity index (χ4v) is 2.36. The number of rotatable bonds is 2. The summed E-state index contributed by atoms with van der Waals surface area (Å²) in [5, 5.41) is 5.78. The highest BCUT2D eigenvalue weighted by Gasteiger charge is 2.18. The van der Waals surface area contributed by atoms with Gasteiger partial charge in [-0.2, -0.15) is 0 Å². The quantitative estimate of drug-likeness (QED) is 0.726. The number of nitrogens with two attached hydrogens (primary N) is 1. The van der Waals surface area contributed by atoms with Gasteiger partial charge in [0.25, 0.3) is 5.91 Å². The van der Waals surface area contributed by atoms with Crippen LogP contribution in [0, 0.1) is 5.82 Å². The maximum absolute atomic E-state index is 13.2. The lowest BCUT2D eigenvalue weighted by atomic mass is 10.2. The number of carbonyl (C=O) groups is 1. The van der Waals surface area contributed by atoms with E-state index in [-0.39, 0.29) is 18.3 Å². The van der Waals surface area contributed by atoms with Gasteiger partial charge in [-0.15, -0.1) is 0 Å². The zero-order chi connectivity index (χ0) is 15.0. The summed E-state index contributed by atoms with van der Waals surface area (Å²) >= 11 is 3.12. The molecule has 108 valence electrons. The molecule has 1 aliphatic rings. The summed E-state index contributed by atoms with van der Waals surface area (Å²) in [6.45, 7) is -0.0237. The van der Waals surface area contributed by atoms with Crippen LogP contribution in [0.3, 0.4) is 0 Å². The third-order valence-corrected chi connectivity index (χ3v) is 3.59. The molecule has 0 spiro atoms. The maximum Gasteiger partial charge on any atom is 0.262 e. The summed E-state index contributed by atoms with van der Waals surface area (Å²) in [5.41, 5.74) is 8.22. The van der Waals surface area contributed by atoms with E-state index in [4.69, 9.17) is 10.5 Å². The van der Waals surface area contributed by atoms with Crippen LogP contribution < -0.4 is 21.1 Å². The van der Waals surface area contributed by atoms with E-state index in [0.29, 0.717) is 33.0 Å². The molecule has 2 aromatic rings. The summed E-state index contributed by atoms with van der Waals surface area (Å²) < 4.78 is 18.8. The highest BCUT2D eigenvalue weighted by atomic mass is 79.9. The van der Waals surface area contributed by atoms with Crippen molar-refractivity contribution in [3.05, 3.63) is 40.6 Å². The number of hydrogen-bond donors (Lipinski definition) is 3. The molecule has 7 heteroatoms. The molecule has 1 heterocycles. The van der Waals surface area contributed by atoms with Crippen molar-refractivity contribution in [2.75, 3.05) is 23.0 Å². The lowest BCUT2D eigenvalue weighted by Gasteiger charge is -2.20. The first-order chi connectivity index (χ1) is 10.0. The van der Waals surface area contributed by atoms with Crippen LogP contribution in [-0.4, -0.2) is 12.5 Å². The van der Waals surface area contributed by atoms with Crippen molar-refractivity contribution in [2.45, 2.75) is 0 Å². The number of hydrogen-bond acceptors (Lipinski definition) is 4. The summed E-state index contributed by atoms with van der Waals surface area (Å²) in [7, 11) is 0. The van der Waals surface area contributed by atoms with Gasteiger partial charge >= 0.3 is 0 Å². The molecule has 0 saturated carbocycles. The Morgan fingerprint density at radius 3 is 2.90 bits per heavy atom.